The van der Waals surface area contributed by atoms with Crippen LogP contribution in [0.15, 0.2) is 24.3 Å². The topological polar surface area (TPSA) is 91.0 Å². The molecule has 0 unspecified atom stereocenters. The quantitative estimate of drug-likeness (QED) is 0.482. The predicted octanol–water partition coefficient (Wildman–Crippen LogP) is 1.58. The van der Waals surface area contributed by atoms with Gasteiger partial charge in [0, 0.05) is 5.69 Å². The summed E-state index contributed by atoms with van der Waals surface area (Å²) >= 11 is 0. The largest absolute Gasteiger partial charge is 0.789 e. The molecule has 98 valence electrons. The first-order valence-electron chi connectivity index (χ1n) is 5.36. The highest BCUT2D eigenvalue weighted by Gasteiger charge is 2.28. The van der Waals surface area contributed by atoms with Crippen LogP contribution in [0.1, 0.15) is 20.8 Å². The number of hydrogen-bond acceptors (Lipinski definition) is 6. The van der Waals surface area contributed by atoms with Crippen LogP contribution in [0, 0.1) is 0 Å². The summed E-state index contributed by atoms with van der Waals surface area (Å²) in [5, 5.41) is 9.36. The molecule has 3 N–H and O–H groups in total. The first-order valence-corrected chi connectivity index (χ1v) is 5.36. The summed E-state index contributed by atoms with van der Waals surface area (Å²) in [6.07, 6.45) is -1.01. The number of carbonyl (C=O) groups is 1. The highest BCUT2D eigenvalue weighted by Crippen LogP contribution is 2.14. The molecule has 0 saturated heterocycles. The Bertz CT molecular complexity index is 401. The van der Waals surface area contributed by atoms with Gasteiger partial charge in [0.2, 0.25) is 0 Å². The molecule has 1 rings (SSSR count). The highest BCUT2D eigenvalue weighted by atomic mass is 16.8. The number of nitrogen functional groups attached to an aromatic ring is 1. The van der Waals surface area contributed by atoms with Crippen LogP contribution in [0.5, 0.6) is 5.75 Å². The van der Waals surface area contributed by atoms with E-state index in [1.54, 1.807) is 32.9 Å². The first kappa shape index (κ1) is 14.2. The maximum atomic E-state index is 11.2. The summed E-state index contributed by atoms with van der Waals surface area (Å²) in [6, 6.07) is 6.26. The Hall–Kier alpha value is -1.89. The maximum absolute atomic E-state index is 11.2. The third kappa shape index (κ3) is 5.45. The van der Waals surface area contributed by atoms with E-state index in [1.165, 1.54) is 12.1 Å². The predicted molar refractivity (Wildman–Crippen MR) is 66.8 cm³/mol. The van der Waals surface area contributed by atoms with Crippen molar-refractivity contribution in [1.29, 1.82) is 0 Å². The van der Waals surface area contributed by atoms with Crippen LogP contribution >= 0.6 is 0 Å². The van der Waals surface area contributed by atoms with Crippen LogP contribution in [0.2, 0.25) is 0 Å². The fourth-order valence-electron chi connectivity index (χ4n) is 1.04. The van der Waals surface area contributed by atoms with Crippen molar-refractivity contribution in [2.45, 2.75) is 26.4 Å². The van der Waals surface area contributed by atoms with Gasteiger partial charge in [-0.2, -0.15) is 0 Å². The molecular formula is C11H16BNO5. The fourth-order valence-corrected chi connectivity index (χ4v) is 1.04. The molecule has 1 aromatic carbocycles. The molecule has 0 bridgehead atoms. The minimum absolute atomic E-state index is 0.320. The third-order valence-electron chi connectivity index (χ3n) is 1.70. The lowest BCUT2D eigenvalue weighted by atomic mass is 10.2. The van der Waals surface area contributed by atoms with Gasteiger partial charge in [0.1, 0.15) is 11.4 Å². The summed E-state index contributed by atoms with van der Waals surface area (Å²) in [4.78, 5) is 11.2. The van der Waals surface area contributed by atoms with Crippen LogP contribution < -0.4 is 10.4 Å². The smallest absolute Gasteiger partial charge is 0.501 e. The van der Waals surface area contributed by atoms with Gasteiger partial charge in [-0.25, -0.2) is 4.79 Å². The van der Waals surface area contributed by atoms with E-state index in [-0.39, 0.29) is 0 Å². The summed E-state index contributed by atoms with van der Waals surface area (Å²) in [5.41, 5.74) is 5.35. The van der Waals surface area contributed by atoms with Crippen LogP contribution in [0.4, 0.5) is 10.5 Å². The summed E-state index contributed by atoms with van der Waals surface area (Å²) in [6.45, 7) is 5.05. The van der Waals surface area contributed by atoms with Crippen LogP contribution in [0.3, 0.4) is 0 Å². The minimum Gasteiger partial charge on any atom is -0.501 e. The summed E-state index contributed by atoms with van der Waals surface area (Å²) in [5.74, 6) is 0.320. The van der Waals surface area contributed by atoms with Gasteiger partial charge in [0.05, 0.1) is 0 Å². The minimum atomic E-state index is -1.73. The number of hydrogen-bond donors (Lipinski definition) is 2. The van der Waals surface area contributed by atoms with E-state index in [9.17, 15) is 9.82 Å². The fraction of sp³-hybridized carbons (Fsp3) is 0.364. The van der Waals surface area contributed by atoms with Crippen LogP contribution in [-0.4, -0.2) is 24.1 Å². The molecule has 0 aromatic heterocycles. The third-order valence-corrected chi connectivity index (χ3v) is 1.70. The molecule has 0 aliphatic heterocycles. The molecule has 18 heavy (non-hydrogen) atoms. The molecule has 0 aliphatic carbocycles. The zero-order valence-electron chi connectivity index (χ0n) is 10.5. The zero-order chi connectivity index (χ0) is 13.8. The Morgan fingerprint density at radius 3 is 2.33 bits per heavy atom. The van der Waals surface area contributed by atoms with E-state index < -0.39 is 19.1 Å². The van der Waals surface area contributed by atoms with Gasteiger partial charge in [-0.15, -0.1) is 0 Å². The number of benzene rings is 1. The van der Waals surface area contributed by atoms with Gasteiger partial charge in [-0.05, 0) is 45.0 Å². The molecule has 0 radical (unpaired) electrons. The molecule has 0 aliphatic rings. The molecule has 0 saturated carbocycles. The lowest BCUT2D eigenvalue weighted by Crippen LogP contribution is -2.33. The van der Waals surface area contributed by atoms with Crippen molar-refractivity contribution in [2.24, 2.45) is 0 Å². The first-order chi connectivity index (χ1) is 8.26. The van der Waals surface area contributed by atoms with Crippen molar-refractivity contribution in [3.8, 4) is 5.75 Å². The van der Waals surface area contributed by atoms with E-state index in [1.807, 2.05) is 0 Å². The average molecular weight is 253 g/mol. The van der Waals surface area contributed by atoms with Gasteiger partial charge in [0.25, 0.3) is 0 Å². The van der Waals surface area contributed by atoms with E-state index in [0.29, 0.717) is 11.4 Å². The van der Waals surface area contributed by atoms with E-state index in [2.05, 4.69) is 4.65 Å². The number of ether oxygens (including phenoxy) is 1. The SMILES string of the molecule is CC(C)(C)OC(=O)OB(O)Oc1ccc(N)cc1. The summed E-state index contributed by atoms with van der Waals surface area (Å²) < 4.78 is 14.3. The lowest BCUT2D eigenvalue weighted by Gasteiger charge is -2.19. The van der Waals surface area contributed by atoms with Gasteiger partial charge < -0.3 is 24.8 Å². The van der Waals surface area contributed by atoms with Crippen molar-refractivity contribution in [3.63, 3.8) is 0 Å². The second kappa shape index (κ2) is 5.64. The van der Waals surface area contributed by atoms with Crippen molar-refractivity contribution < 1.29 is 23.9 Å². The Labute approximate surface area is 106 Å². The number of rotatable bonds is 3. The molecule has 0 spiro atoms. The molecule has 0 heterocycles. The Morgan fingerprint density at radius 2 is 1.83 bits per heavy atom. The van der Waals surface area contributed by atoms with Crippen molar-refractivity contribution in [2.75, 3.05) is 5.73 Å². The molecule has 0 fully saturated rings. The van der Waals surface area contributed by atoms with Gasteiger partial charge in [-0.1, -0.05) is 0 Å². The lowest BCUT2D eigenvalue weighted by molar-refractivity contribution is 0.0118. The molecule has 1 aromatic rings. The molecule has 7 heteroatoms. The van der Waals surface area contributed by atoms with Crippen molar-refractivity contribution in [1.82, 2.24) is 0 Å². The Kier molecular flexibility index (Phi) is 4.44. The molecule has 0 amide bonds. The second-order valence-corrected chi connectivity index (χ2v) is 4.58. The highest BCUT2D eigenvalue weighted by molar-refractivity contribution is 6.38. The molecular weight excluding hydrogens is 237 g/mol. The monoisotopic (exact) mass is 253 g/mol. The Balaban J connectivity index is 2.44. The van der Waals surface area contributed by atoms with Crippen molar-refractivity contribution >= 4 is 19.2 Å². The summed E-state index contributed by atoms with van der Waals surface area (Å²) in [7, 11) is -1.73. The maximum Gasteiger partial charge on any atom is 0.789 e. The molecule has 0 atom stereocenters. The standard InChI is InChI=1S/C11H16BNO5/c1-11(2,3)16-10(14)18-12(15)17-9-6-4-8(13)5-7-9/h4-7,15H,13H2,1-3H3. The zero-order valence-corrected chi connectivity index (χ0v) is 10.5. The second-order valence-electron chi connectivity index (χ2n) is 4.58. The van der Waals surface area contributed by atoms with E-state index >= 15 is 0 Å². The normalized spacial score (nSPS) is 10.7. The van der Waals surface area contributed by atoms with Gasteiger partial charge in [0.15, 0.2) is 0 Å². The molecule has 6 nitrogen and oxygen atoms in total. The van der Waals surface area contributed by atoms with Crippen molar-refractivity contribution in [3.05, 3.63) is 24.3 Å². The number of nitrogens with two attached hydrogens (primary N) is 1. The Morgan fingerprint density at radius 1 is 1.28 bits per heavy atom. The number of carbonyl (C=O) groups excluding carboxylic acids is 1. The van der Waals surface area contributed by atoms with E-state index in [0.717, 1.165) is 0 Å². The number of anilines is 1. The van der Waals surface area contributed by atoms with Crippen LogP contribution in [0.25, 0.3) is 0 Å². The van der Waals surface area contributed by atoms with E-state index in [4.69, 9.17) is 15.1 Å². The van der Waals surface area contributed by atoms with Gasteiger partial charge in [-0.3, -0.25) is 0 Å². The average Bonchev–Trinajstić information content (AvgIpc) is 2.18. The van der Waals surface area contributed by atoms with Crippen LogP contribution in [-0.2, 0) is 9.39 Å². The van der Waals surface area contributed by atoms with Gasteiger partial charge >= 0.3 is 13.5 Å².